The van der Waals surface area contributed by atoms with Crippen LogP contribution < -0.4 is 14.9 Å². The molecule has 1 saturated heterocycles. The van der Waals surface area contributed by atoms with Crippen LogP contribution in [0.3, 0.4) is 0 Å². The zero-order valence-electron chi connectivity index (χ0n) is 12.8. The van der Waals surface area contributed by atoms with Crippen LogP contribution in [0.4, 0.5) is 5.69 Å². The Morgan fingerprint density at radius 3 is 2.71 bits per heavy atom. The summed E-state index contributed by atoms with van der Waals surface area (Å²) >= 11 is 0. The normalized spacial score (nSPS) is 18.0. The van der Waals surface area contributed by atoms with Gasteiger partial charge < -0.3 is 18.9 Å². The van der Waals surface area contributed by atoms with Crippen molar-refractivity contribution in [2.75, 3.05) is 20.0 Å². The fourth-order valence-corrected chi connectivity index (χ4v) is 2.37. The van der Waals surface area contributed by atoms with Crippen LogP contribution in [0.5, 0.6) is 11.5 Å². The molecule has 2 aliphatic heterocycles. The number of nitrogens with one attached hydrogen (secondary N) is 1. The molecule has 0 aliphatic carbocycles. The molecule has 0 radical (unpaired) electrons. The van der Waals surface area contributed by atoms with E-state index in [4.69, 9.17) is 18.9 Å². The van der Waals surface area contributed by atoms with Crippen LogP contribution in [-0.4, -0.2) is 42.8 Å². The number of carbonyl (C=O) groups excluding carboxylic acids is 1. The summed E-state index contributed by atoms with van der Waals surface area (Å²) in [5.74, 6) is -0.719. The smallest absolute Gasteiger partial charge is 0.282 e. The molecule has 10 heteroatoms. The number of hydrogen-bond acceptors (Lipinski definition) is 8. The number of benzene rings is 1. The van der Waals surface area contributed by atoms with Crippen LogP contribution in [0.15, 0.2) is 17.2 Å². The zero-order chi connectivity index (χ0) is 17.2. The molecule has 1 aromatic carbocycles. The first kappa shape index (κ1) is 16.1. The molecule has 2 heterocycles. The Bertz CT molecular complexity index is 698. The standard InChI is InChI=1S/C14H15N3O7/c1-14(23-2-3-24-14)6-13(18)16-15-7-9-4-11-12(22-8-21-11)5-10(9)17(19)20/h4-5,7H,2-3,6,8H2,1H3,(H,16,18)/b15-7-. The highest BCUT2D eigenvalue weighted by Gasteiger charge is 2.33. The molecule has 1 aromatic rings. The summed E-state index contributed by atoms with van der Waals surface area (Å²) in [5, 5.41) is 14.9. The van der Waals surface area contributed by atoms with E-state index in [9.17, 15) is 14.9 Å². The average molecular weight is 337 g/mol. The molecule has 0 aromatic heterocycles. The van der Waals surface area contributed by atoms with Crippen LogP contribution in [0.1, 0.15) is 18.9 Å². The van der Waals surface area contributed by atoms with Gasteiger partial charge in [0.05, 0.1) is 42.4 Å². The van der Waals surface area contributed by atoms with Gasteiger partial charge in [-0.3, -0.25) is 14.9 Å². The Balaban J connectivity index is 1.68. The molecule has 3 rings (SSSR count). The van der Waals surface area contributed by atoms with E-state index in [0.717, 1.165) is 0 Å². The second kappa shape index (κ2) is 6.42. The molecule has 1 fully saturated rings. The summed E-state index contributed by atoms with van der Waals surface area (Å²) in [7, 11) is 0. The van der Waals surface area contributed by atoms with Crippen molar-refractivity contribution in [3.05, 3.63) is 27.8 Å². The van der Waals surface area contributed by atoms with Gasteiger partial charge >= 0.3 is 0 Å². The van der Waals surface area contributed by atoms with Crippen molar-refractivity contribution >= 4 is 17.8 Å². The summed E-state index contributed by atoms with van der Waals surface area (Å²) in [4.78, 5) is 22.4. The number of nitro groups is 1. The largest absolute Gasteiger partial charge is 0.454 e. The fraction of sp³-hybridized carbons (Fsp3) is 0.429. The van der Waals surface area contributed by atoms with Crippen LogP contribution in [-0.2, 0) is 14.3 Å². The minimum absolute atomic E-state index is 0.00238. The second-order valence-electron chi connectivity index (χ2n) is 5.32. The minimum Gasteiger partial charge on any atom is -0.454 e. The van der Waals surface area contributed by atoms with Gasteiger partial charge in [0, 0.05) is 0 Å². The average Bonchev–Trinajstić information content (AvgIpc) is 3.14. The molecule has 10 nitrogen and oxygen atoms in total. The lowest BCUT2D eigenvalue weighted by Crippen LogP contribution is -2.33. The Kier molecular flexibility index (Phi) is 4.32. The lowest BCUT2D eigenvalue weighted by Gasteiger charge is -2.20. The first-order valence-electron chi connectivity index (χ1n) is 7.15. The number of fused-ring (bicyclic) bond motifs is 1. The van der Waals surface area contributed by atoms with E-state index in [1.807, 2.05) is 0 Å². The highest BCUT2D eigenvalue weighted by Crippen LogP contribution is 2.37. The lowest BCUT2D eigenvalue weighted by atomic mass is 10.1. The van der Waals surface area contributed by atoms with Gasteiger partial charge in [-0.25, -0.2) is 5.43 Å². The Hall–Kier alpha value is -2.72. The van der Waals surface area contributed by atoms with E-state index in [-0.39, 0.29) is 24.5 Å². The van der Waals surface area contributed by atoms with Crippen LogP contribution >= 0.6 is 0 Å². The quantitative estimate of drug-likeness (QED) is 0.482. The first-order valence-corrected chi connectivity index (χ1v) is 7.15. The van der Waals surface area contributed by atoms with Crippen molar-refractivity contribution in [1.82, 2.24) is 5.43 Å². The van der Waals surface area contributed by atoms with E-state index in [0.29, 0.717) is 24.7 Å². The number of ether oxygens (including phenoxy) is 4. The fourth-order valence-electron chi connectivity index (χ4n) is 2.37. The number of rotatable bonds is 5. The highest BCUT2D eigenvalue weighted by molar-refractivity contribution is 5.88. The number of nitro benzene ring substituents is 1. The van der Waals surface area contributed by atoms with Crippen molar-refractivity contribution in [2.24, 2.45) is 5.10 Å². The molecule has 2 aliphatic rings. The van der Waals surface area contributed by atoms with E-state index in [1.165, 1.54) is 18.3 Å². The van der Waals surface area contributed by atoms with E-state index in [2.05, 4.69) is 10.5 Å². The zero-order valence-corrected chi connectivity index (χ0v) is 12.8. The predicted octanol–water partition coefficient (Wildman–Crippen LogP) is 0.927. The lowest BCUT2D eigenvalue weighted by molar-refractivity contribution is -0.385. The highest BCUT2D eigenvalue weighted by atomic mass is 16.7. The summed E-state index contributed by atoms with van der Waals surface area (Å²) in [6.07, 6.45) is 1.14. The maximum Gasteiger partial charge on any atom is 0.282 e. The minimum atomic E-state index is -0.968. The molecule has 0 unspecified atom stereocenters. The van der Waals surface area contributed by atoms with Crippen molar-refractivity contribution < 1.29 is 28.7 Å². The van der Waals surface area contributed by atoms with Gasteiger partial charge in [-0.15, -0.1) is 0 Å². The number of hydrogen-bond donors (Lipinski definition) is 1. The van der Waals surface area contributed by atoms with Crippen molar-refractivity contribution in [1.29, 1.82) is 0 Å². The molecule has 0 spiro atoms. The van der Waals surface area contributed by atoms with Crippen molar-refractivity contribution in [2.45, 2.75) is 19.1 Å². The third-order valence-electron chi connectivity index (χ3n) is 3.49. The SMILES string of the molecule is CC1(CC(=O)N/N=C\c2cc3c(cc2[N+](=O)[O-])OCO3)OCCO1. The van der Waals surface area contributed by atoms with Gasteiger partial charge in [0.2, 0.25) is 12.7 Å². The van der Waals surface area contributed by atoms with Gasteiger partial charge in [0.1, 0.15) is 0 Å². The molecule has 1 amide bonds. The van der Waals surface area contributed by atoms with Gasteiger partial charge in [-0.05, 0) is 13.0 Å². The maximum absolute atomic E-state index is 11.8. The third kappa shape index (κ3) is 3.44. The number of carbonyl (C=O) groups is 1. The molecule has 1 N–H and O–H groups in total. The molecule has 0 atom stereocenters. The van der Waals surface area contributed by atoms with Crippen LogP contribution in [0.2, 0.25) is 0 Å². The molecule has 24 heavy (non-hydrogen) atoms. The summed E-state index contributed by atoms with van der Waals surface area (Å²) in [6, 6.07) is 2.69. The van der Waals surface area contributed by atoms with Gasteiger partial charge in [0.15, 0.2) is 17.3 Å². The maximum atomic E-state index is 11.8. The second-order valence-corrected chi connectivity index (χ2v) is 5.32. The molecule has 0 saturated carbocycles. The number of hydrazone groups is 1. The first-order chi connectivity index (χ1) is 11.5. The van der Waals surface area contributed by atoms with E-state index < -0.39 is 16.6 Å². The van der Waals surface area contributed by atoms with Crippen molar-refractivity contribution in [3.8, 4) is 11.5 Å². The van der Waals surface area contributed by atoms with Crippen LogP contribution in [0.25, 0.3) is 0 Å². The Morgan fingerprint density at radius 1 is 1.38 bits per heavy atom. The Morgan fingerprint density at radius 2 is 2.04 bits per heavy atom. The van der Waals surface area contributed by atoms with Gasteiger partial charge in [0.25, 0.3) is 5.69 Å². The third-order valence-corrected chi connectivity index (χ3v) is 3.49. The molecule has 0 bridgehead atoms. The summed E-state index contributed by atoms with van der Waals surface area (Å²) in [5.41, 5.74) is 2.28. The number of amides is 1. The molecular weight excluding hydrogens is 322 g/mol. The van der Waals surface area contributed by atoms with E-state index >= 15 is 0 Å². The van der Waals surface area contributed by atoms with E-state index in [1.54, 1.807) is 6.92 Å². The molecular formula is C14H15N3O7. The van der Waals surface area contributed by atoms with Crippen LogP contribution in [0, 0.1) is 10.1 Å². The number of nitrogens with zero attached hydrogens (tertiary/aromatic N) is 2. The summed E-state index contributed by atoms with van der Waals surface area (Å²) < 4.78 is 20.9. The predicted molar refractivity (Wildman–Crippen MR) is 79.9 cm³/mol. The van der Waals surface area contributed by atoms with Crippen molar-refractivity contribution in [3.63, 3.8) is 0 Å². The van der Waals surface area contributed by atoms with Gasteiger partial charge in [-0.2, -0.15) is 5.10 Å². The topological polar surface area (TPSA) is 122 Å². The summed E-state index contributed by atoms with van der Waals surface area (Å²) in [6.45, 7) is 2.52. The van der Waals surface area contributed by atoms with Gasteiger partial charge in [-0.1, -0.05) is 0 Å². The Labute approximate surface area is 136 Å². The molecule has 128 valence electrons. The monoisotopic (exact) mass is 337 g/mol.